The van der Waals surface area contributed by atoms with E-state index in [1.54, 1.807) is 12.3 Å². The Hall–Kier alpha value is -1.61. The van der Waals surface area contributed by atoms with E-state index in [4.69, 9.17) is 11.6 Å². The van der Waals surface area contributed by atoms with Gasteiger partial charge in [-0.3, -0.25) is 4.98 Å². The first-order valence-electron chi connectivity index (χ1n) is 4.69. The van der Waals surface area contributed by atoms with Gasteiger partial charge in [0, 0.05) is 29.1 Å². The van der Waals surface area contributed by atoms with E-state index >= 15 is 0 Å². The van der Waals surface area contributed by atoms with Gasteiger partial charge in [0.15, 0.2) is 0 Å². The number of rotatable bonds is 1. The molecule has 1 N–H and O–H groups in total. The van der Waals surface area contributed by atoms with Gasteiger partial charge in [0.2, 0.25) is 0 Å². The summed E-state index contributed by atoms with van der Waals surface area (Å²) in [6, 6.07) is 5.99. The van der Waals surface area contributed by atoms with Gasteiger partial charge in [-0.15, -0.1) is 0 Å². The summed E-state index contributed by atoms with van der Waals surface area (Å²) in [6.45, 7) is 1.86. The number of hydrogen-bond donors (Lipinski definition) is 1. The van der Waals surface area contributed by atoms with E-state index < -0.39 is 5.82 Å². The first-order valence-corrected chi connectivity index (χ1v) is 5.07. The lowest BCUT2D eigenvalue weighted by atomic mass is 10.1. The summed E-state index contributed by atoms with van der Waals surface area (Å²) in [6.07, 6.45) is 1.61. The average molecular weight is 238 g/mol. The van der Waals surface area contributed by atoms with Crippen molar-refractivity contribution in [2.75, 3.05) is 0 Å². The lowest BCUT2D eigenvalue weighted by Crippen LogP contribution is -1.86. The monoisotopic (exact) mass is 237 g/mol. The van der Waals surface area contributed by atoms with Gasteiger partial charge in [-0.1, -0.05) is 17.7 Å². The molecule has 0 aliphatic carbocycles. The van der Waals surface area contributed by atoms with Crippen molar-refractivity contribution in [3.63, 3.8) is 0 Å². The van der Waals surface area contributed by atoms with E-state index in [1.807, 2.05) is 13.0 Å². The summed E-state index contributed by atoms with van der Waals surface area (Å²) in [7, 11) is 0. The third-order valence-electron chi connectivity index (χ3n) is 2.26. The predicted molar refractivity (Wildman–Crippen MR) is 61.0 cm³/mol. The number of benzene rings is 1. The molecule has 1 aromatic carbocycles. The van der Waals surface area contributed by atoms with Crippen LogP contribution in [0.3, 0.4) is 0 Å². The van der Waals surface area contributed by atoms with E-state index in [2.05, 4.69) is 4.98 Å². The van der Waals surface area contributed by atoms with Gasteiger partial charge in [-0.2, -0.15) is 0 Å². The van der Waals surface area contributed by atoms with Crippen LogP contribution in [0.15, 0.2) is 30.5 Å². The lowest BCUT2D eigenvalue weighted by Gasteiger charge is -2.06. The molecule has 4 heteroatoms. The molecule has 0 radical (unpaired) electrons. The molecule has 0 aliphatic rings. The van der Waals surface area contributed by atoms with E-state index in [1.165, 1.54) is 6.07 Å². The minimum atomic E-state index is -0.636. The van der Waals surface area contributed by atoms with Crippen LogP contribution in [0.2, 0.25) is 5.02 Å². The van der Waals surface area contributed by atoms with E-state index in [9.17, 15) is 9.50 Å². The smallest absolute Gasteiger partial charge is 0.145 e. The number of phenolic OH excluding ortho intramolecular Hbond substituents is 1. The number of aryl methyl sites for hydroxylation is 1. The highest BCUT2D eigenvalue weighted by molar-refractivity contribution is 6.31. The Bertz CT molecular complexity index is 525. The Balaban J connectivity index is 2.56. The highest BCUT2D eigenvalue weighted by atomic mass is 35.5. The molecule has 0 spiro atoms. The van der Waals surface area contributed by atoms with Gasteiger partial charge in [0.1, 0.15) is 11.6 Å². The zero-order chi connectivity index (χ0) is 11.7. The van der Waals surface area contributed by atoms with Crippen molar-refractivity contribution in [2.45, 2.75) is 6.92 Å². The van der Waals surface area contributed by atoms with Crippen LogP contribution in [0.1, 0.15) is 5.69 Å². The van der Waals surface area contributed by atoms with Crippen LogP contribution in [0, 0.1) is 12.7 Å². The molecule has 0 bridgehead atoms. The molecule has 82 valence electrons. The number of halogens is 2. The molecule has 1 aromatic heterocycles. The maximum absolute atomic E-state index is 13.0. The molecule has 16 heavy (non-hydrogen) atoms. The maximum atomic E-state index is 13.0. The zero-order valence-corrected chi connectivity index (χ0v) is 9.29. The number of phenols is 1. The quantitative estimate of drug-likeness (QED) is 0.823. The number of aromatic hydroxyl groups is 1. The third-order valence-corrected chi connectivity index (χ3v) is 2.55. The molecule has 0 saturated heterocycles. The molecule has 0 atom stereocenters. The summed E-state index contributed by atoms with van der Waals surface area (Å²) in [5, 5.41) is 9.59. The molecule has 2 nitrogen and oxygen atoms in total. The van der Waals surface area contributed by atoms with Crippen molar-refractivity contribution >= 4 is 11.6 Å². The molecule has 2 rings (SSSR count). The molecule has 0 aliphatic heterocycles. The van der Waals surface area contributed by atoms with E-state index in [0.717, 1.165) is 11.8 Å². The van der Waals surface area contributed by atoms with Gasteiger partial charge in [-0.05, 0) is 19.1 Å². The summed E-state index contributed by atoms with van der Waals surface area (Å²) in [5.74, 6) is -0.782. The van der Waals surface area contributed by atoms with Gasteiger partial charge in [0.25, 0.3) is 0 Å². The fourth-order valence-corrected chi connectivity index (χ4v) is 1.56. The molecular weight excluding hydrogens is 229 g/mol. The van der Waals surface area contributed by atoms with Crippen LogP contribution in [0.25, 0.3) is 11.1 Å². The molecule has 0 amide bonds. The lowest BCUT2D eigenvalue weighted by molar-refractivity contribution is 0.471. The predicted octanol–water partition coefficient (Wildman–Crippen LogP) is 3.56. The highest BCUT2D eigenvalue weighted by Gasteiger charge is 2.09. The Labute approximate surface area is 97.3 Å². The SMILES string of the molecule is Cc1ccc(-c2cc(Cl)c(F)cc2O)cn1. The number of aromatic nitrogens is 1. The Morgan fingerprint density at radius 2 is 2.06 bits per heavy atom. The minimum absolute atomic E-state index is 0.0200. The van der Waals surface area contributed by atoms with Crippen molar-refractivity contribution in [1.82, 2.24) is 4.98 Å². The number of pyridine rings is 1. The summed E-state index contributed by atoms with van der Waals surface area (Å²) >= 11 is 5.66. The normalized spacial score (nSPS) is 10.4. The van der Waals surface area contributed by atoms with E-state index in [0.29, 0.717) is 11.1 Å². The molecule has 0 saturated carbocycles. The average Bonchev–Trinajstić information content (AvgIpc) is 2.25. The van der Waals surface area contributed by atoms with Crippen LogP contribution in [0.5, 0.6) is 5.75 Å². The third kappa shape index (κ3) is 1.99. The second kappa shape index (κ2) is 4.10. The van der Waals surface area contributed by atoms with Gasteiger partial charge < -0.3 is 5.11 Å². The van der Waals surface area contributed by atoms with Crippen molar-refractivity contribution in [3.8, 4) is 16.9 Å². The fraction of sp³-hybridized carbons (Fsp3) is 0.0833. The van der Waals surface area contributed by atoms with Crippen molar-refractivity contribution in [3.05, 3.63) is 47.0 Å². The van der Waals surface area contributed by atoms with Crippen molar-refractivity contribution < 1.29 is 9.50 Å². The van der Waals surface area contributed by atoms with E-state index in [-0.39, 0.29) is 10.8 Å². The topological polar surface area (TPSA) is 33.1 Å². The zero-order valence-electron chi connectivity index (χ0n) is 8.54. The highest BCUT2D eigenvalue weighted by Crippen LogP contribution is 2.33. The second-order valence-electron chi connectivity index (χ2n) is 3.47. The van der Waals surface area contributed by atoms with Gasteiger partial charge in [0.05, 0.1) is 5.02 Å². The summed E-state index contributed by atoms with van der Waals surface area (Å²) in [5.41, 5.74) is 2.04. The Morgan fingerprint density at radius 1 is 1.31 bits per heavy atom. The van der Waals surface area contributed by atoms with Crippen molar-refractivity contribution in [2.24, 2.45) is 0 Å². The van der Waals surface area contributed by atoms with Crippen LogP contribution in [0.4, 0.5) is 4.39 Å². The minimum Gasteiger partial charge on any atom is -0.507 e. The molecule has 1 heterocycles. The number of hydrogen-bond acceptors (Lipinski definition) is 2. The summed E-state index contributed by atoms with van der Waals surface area (Å²) in [4.78, 5) is 4.10. The van der Waals surface area contributed by atoms with Crippen LogP contribution in [-0.2, 0) is 0 Å². The largest absolute Gasteiger partial charge is 0.507 e. The number of nitrogens with zero attached hydrogens (tertiary/aromatic N) is 1. The van der Waals surface area contributed by atoms with Gasteiger partial charge in [-0.25, -0.2) is 4.39 Å². The van der Waals surface area contributed by atoms with Gasteiger partial charge >= 0.3 is 0 Å². The molecular formula is C12H9ClFNO. The van der Waals surface area contributed by atoms with Crippen LogP contribution in [-0.4, -0.2) is 10.1 Å². The Morgan fingerprint density at radius 3 is 2.69 bits per heavy atom. The van der Waals surface area contributed by atoms with Crippen LogP contribution < -0.4 is 0 Å². The Kier molecular flexibility index (Phi) is 2.79. The first kappa shape index (κ1) is 10.9. The standard InChI is InChI=1S/C12H9ClFNO/c1-7-2-3-8(6-15-7)9-4-10(13)11(14)5-12(9)16/h2-6,16H,1H3. The maximum Gasteiger partial charge on any atom is 0.145 e. The molecule has 2 aromatic rings. The second-order valence-corrected chi connectivity index (χ2v) is 3.88. The molecule has 0 unspecified atom stereocenters. The fourth-order valence-electron chi connectivity index (χ4n) is 1.39. The summed E-state index contributed by atoms with van der Waals surface area (Å²) < 4.78 is 13.0. The molecule has 0 fully saturated rings. The first-order chi connectivity index (χ1) is 7.58. The van der Waals surface area contributed by atoms with Crippen molar-refractivity contribution in [1.29, 1.82) is 0 Å². The van der Waals surface area contributed by atoms with Crippen LogP contribution >= 0.6 is 11.6 Å².